The molecule has 0 saturated carbocycles. The van der Waals surface area contributed by atoms with E-state index in [0.29, 0.717) is 23.4 Å². The fourth-order valence-corrected chi connectivity index (χ4v) is 1.84. The van der Waals surface area contributed by atoms with Crippen LogP contribution in [-0.4, -0.2) is 38.4 Å². The lowest BCUT2D eigenvalue weighted by atomic mass is 10.5. The first-order valence-corrected chi connectivity index (χ1v) is 6.55. The molecule has 0 unspecified atom stereocenters. The zero-order chi connectivity index (χ0) is 12.8. The smallest absolute Gasteiger partial charge is 0.235 e. The van der Waals surface area contributed by atoms with Crippen LogP contribution in [0.2, 0.25) is 0 Å². The maximum Gasteiger partial charge on any atom is 0.235 e. The number of hydrogen-bond acceptors (Lipinski definition) is 6. The molecule has 7 heteroatoms. The van der Waals surface area contributed by atoms with Gasteiger partial charge in [-0.2, -0.15) is 0 Å². The van der Waals surface area contributed by atoms with Crippen LogP contribution in [0.25, 0.3) is 0 Å². The number of nitrogens with two attached hydrogens (primary N) is 1. The van der Waals surface area contributed by atoms with Gasteiger partial charge in [0, 0.05) is 13.1 Å². The van der Waals surface area contributed by atoms with E-state index in [1.54, 1.807) is 16.7 Å². The molecule has 92 valence electrons. The van der Waals surface area contributed by atoms with Crippen molar-refractivity contribution in [2.24, 2.45) is 0 Å². The third-order valence-electron chi connectivity index (χ3n) is 2.01. The first-order chi connectivity index (χ1) is 8.15. The first-order valence-electron chi connectivity index (χ1n) is 4.91. The topological polar surface area (TPSA) is 60.0 Å². The molecule has 0 aromatic carbocycles. The minimum absolute atomic E-state index is 0.289. The summed E-state index contributed by atoms with van der Waals surface area (Å²) in [6.07, 6.45) is 5.44. The molecular weight excluding hydrogens is 254 g/mol. The van der Waals surface area contributed by atoms with E-state index < -0.39 is 0 Å². The monoisotopic (exact) mass is 269 g/mol. The van der Waals surface area contributed by atoms with Crippen LogP contribution in [0.5, 0.6) is 0 Å². The van der Waals surface area contributed by atoms with Gasteiger partial charge < -0.3 is 10.6 Å². The van der Waals surface area contributed by atoms with E-state index in [-0.39, 0.29) is 5.95 Å². The molecule has 1 aromatic rings. The summed E-state index contributed by atoms with van der Waals surface area (Å²) in [4.78, 5) is 1.94. The molecular formula is C10H15N5S2. The van der Waals surface area contributed by atoms with Crippen molar-refractivity contribution in [3.8, 4) is 0 Å². The van der Waals surface area contributed by atoms with E-state index in [0.717, 1.165) is 0 Å². The third kappa shape index (κ3) is 3.07. The zero-order valence-corrected chi connectivity index (χ0v) is 11.3. The van der Waals surface area contributed by atoms with E-state index >= 15 is 0 Å². The quantitative estimate of drug-likeness (QED) is 0.646. The molecule has 2 N–H and O–H groups in total. The highest BCUT2D eigenvalue weighted by molar-refractivity contribution is 8.22. The van der Waals surface area contributed by atoms with Gasteiger partial charge in [0.25, 0.3) is 0 Å². The van der Waals surface area contributed by atoms with Crippen LogP contribution < -0.4 is 10.6 Å². The standard InChI is InChI=1S/C10H15N5S2/c1-4-6-14(7-5-2)9-13-12-8(11)15(9)10(16)17-3/h4-5H,1-2,6-7H2,3H3,(H2,11,12). The molecule has 0 aliphatic heterocycles. The van der Waals surface area contributed by atoms with Gasteiger partial charge in [-0.25, -0.2) is 4.57 Å². The molecule has 0 amide bonds. The number of rotatable bonds is 5. The number of anilines is 2. The molecule has 0 radical (unpaired) electrons. The second-order valence-corrected chi connectivity index (χ2v) is 4.59. The predicted octanol–water partition coefficient (Wildman–Crippen LogP) is 1.53. The summed E-state index contributed by atoms with van der Waals surface area (Å²) in [5.41, 5.74) is 5.76. The fraction of sp³-hybridized carbons (Fsp3) is 0.300. The summed E-state index contributed by atoms with van der Waals surface area (Å²) in [5.74, 6) is 0.902. The lowest BCUT2D eigenvalue weighted by Gasteiger charge is -2.20. The van der Waals surface area contributed by atoms with Crippen LogP contribution in [0.1, 0.15) is 0 Å². The lowest BCUT2D eigenvalue weighted by Crippen LogP contribution is -2.28. The molecule has 1 heterocycles. The van der Waals surface area contributed by atoms with E-state index in [1.165, 1.54) is 11.8 Å². The minimum Gasteiger partial charge on any atom is -0.367 e. The van der Waals surface area contributed by atoms with Crippen molar-refractivity contribution in [2.75, 3.05) is 30.0 Å². The van der Waals surface area contributed by atoms with Gasteiger partial charge in [0.1, 0.15) is 4.32 Å². The molecule has 0 fully saturated rings. The molecule has 17 heavy (non-hydrogen) atoms. The molecule has 1 aromatic heterocycles. The van der Waals surface area contributed by atoms with Crippen molar-refractivity contribution in [2.45, 2.75) is 0 Å². The van der Waals surface area contributed by atoms with Crippen molar-refractivity contribution in [1.82, 2.24) is 14.8 Å². The molecule has 0 atom stereocenters. The largest absolute Gasteiger partial charge is 0.367 e. The molecule has 0 aliphatic rings. The molecule has 1 rings (SSSR count). The summed E-state index contributed by atoms with van der Waals surface area (Å²) in [7, 11) is 0. The van der Waals surface area contributed by atoms with Gasteiger partial charge in [-0.1, -0.05) is 36.1 Å². The Labute approximate surface area is 110 Å². The average Bonchev–Trinajstić information content (AvgIpc) is 2.70. The van der Waals surface area contributed by atoms with Gasteiger partial charge >= 0.3 is 0 Å². The lowest BCUT2D eigenvalue weighted by molar-refractivity contribution is 0.880. The second kappa shape index (κ2) is 6.41. The second-order valence-electron chi connectivity index (χ2n) is 3.15. The van der Waals surface area contributed by atoms with Gasteiger partial charge in [0.15, 0.2) is 0 Å². The molecule has 0 saturated heterocycles. The van der Waals surface area contributed by atoms with Crippen molar-refractivity contribution in [1.29, 1.82) is 0 Å². The Morgan fingerprint density at radius 1 is 1.47 bits per heavy atom. The van der Waals surface area contributed by atoms with Gasteiger partial charge in [-0.05, 0) is 6.26 Å². The van der Waals surface area contributed by atoms with Crippen LogP contribution in [0.15, 0.2) is 25.3 Å². The van der Waals surface area contributed by atoms with Gasteiger partial charge in [-0.15, -0.1) is 23.4 Å². The minimum atomic E-state index is 0.289. The Kier molecular flexibility index (Phi) is 5.17. The van der Waals surface area contributed by atoms with Crippen LogP contribution in [-0.2, 0) is 0 Å². The zero-order valence-electron chi connectivity index (χ0n) is 9.67. The maximum atomic E-state index is 5.76. The SMILES string of the molecule is C=CCN(CC=C)c1nnc(N)n1C(=S)SC. The Hall–Kier alpha value is -1.34. The number of nitrogens with zero attached hydrogens (tertiary/aromatic N) is 4. The van der Waals surface area contributed by atoms with Crippen LogP contribution in [0.4, 0.5) is 11.9 Å². The average molecular weight is 269 g/mol. The highest BCUT2D eigenvalue weighted by atomic mass is 32.2. The summed E-state index contributed by atoms with van der Waals surface area (Å²) in [5, 5.41) is 7.89. The number of thioether (sulfide) groups is 1. The summed E-state index contributed by atoms with van der Waals surface area (Å²) < 4.78 is 2.26. The summed E-state index contributed by atoms with van der Waals surface area (Å²) >= 11 is 6.65. The molecule has 0 aliphatic carbocycles. The van der Waals surface area contributed by atoms with Gasteiger partial charge in [-0.3, -0.25) is 0 Å². The first kappa shape index (κ1) is 13.7. The maximum absolute atomic E-state index is 5.76. The predicted molar refractivity (Wildman–Crippen MR) is 78.6 cm³/mol. The highest BCUT2D eigenvalue weighted by Gasteiger charge is 2.17. The normalized spacial score (nSPS) is 9.94. The fourth-order valence-electron chi connectivity index (χ4n) is 1.31. The van der Waals surface area contributed by atoms with Gasteiger partial charge in [0.05, 0.1) is 0 Å². The third-order valence-corrected chi connectivity index (χ3v) is 3.22. The van der Waals surface area contributed by atoms with Crippen molar-refractivity contribution < 1.29 is 0 Å². The van der Waals surface area contributed by atoms with Gasteiger partial charge in [0.2, 0.25) is 11.9 Å². The number of hydrogen-bond donors (Lipinski definition) is 1. The Balaban J connectivity index is 3.13. The summed E-state index contributed by atoms with van der Waals surface area (Å²) in [6.45, 7) is 8.67. The molecule has 0 bridgehead atoms. The van der Waals surface area contributed by atoms with E-state index in [1.807, 2.05) is 11.2 Å². The molecule has 0 spiro atoms. The summed E-state index contributed by atoms with van der Waals surface area (Å²) in [6, 6.07) is 0. The van der Waals surface area contributed by atoms with Crippen molar-refractivity contribution in [3.05, 3.63) is 25.3 Å². The Bertz CT molecular complexity index is 416. The van der Waals surface area contributed by atoms with Crippen molar-refractivity contribution in [3.63, 3.8) is 0 Å². The van der Waals surface area contributed by atoms with Crippen LogP contribution in [0.3, 0.4) is 0 Å². The van der Waals surface area contributed by atoms with Crippen molar-refractivity contribution >= 4 is 40.2 Å². The number of nitrogen functional groups attached to an aromatic ring is 1. The molecule has 5 nitrogen and oxygen atoms in total. The van der Waals surface area contributed by atoms with E-state index in [9.17, 15) is 0 Å². The van der Waals surface area contributed by atoms with E-state index in [4.69, 9.17) is 18.0 Å². The Morgan fingerprint density at radius 3 is 2.53 bits per heavy atom. The number of aromatic nitrogens is 3. The van der Waals surface area contributed by atoms with Crippen LogP contribution in [0, 0.1) is 0 Å². The van der Waals surface area contributed by atoms with E-state index in [2.05, 4.69) is 23.4 Å². The van der Waals surface area contributed by atoms with Crippen LogP contribution >= 0.6 is 24.0 Å². The number of thiocarbonyl (C=S) groups is 1. The highest BCUT2D eigenvalue weighted by Crippen LogP contribution is 2.18. The Morgan fingerprint density at radius 2 is 2.06 bits per heavy atom.